The van der Waals surface area contributed by atoms with Crippen LogP contribution in [-0.4, -0.2) is 71.4 Å². The minimum Gasteiger partial charge on any atom is -0.368 e. The number of nitrogens with two attached hydrogens (primary N) is 1. The third-order valence-electron chi connectivity index (χ3n) is 4.93. The first kappa shape index (κ1) is 24.5. The van der Waals surface area contributed by atoms with Crippen LogP contribution in [0.1, 0.15) is 25.8 Å². The van der Waals surface area contributed by atoms with E-state index in [-0.39, 0.29) is 24.1 Å². The van der Waals surface area contributed by atoms with E-state index in [4.69, 9.17) is 5.73 Å². The predicted octanol–water partition coefficient (Wildman–Crippen LogP) is 0.239. The Labute approximate surface area is 186 Å². The molecule has 0 radical (unpaired) electrons. The van der Waals surface area contributed by atoms with E-state index >= 15 is 0 Å². The van der Waals surface area contributed by atoms with Crippen LogP contribution in [-0.2, 0) is 20.8 Å². The van der Waals surface area contributed by atoms with Crippen molar-refractivity contribution in [3.05, 3.63) is 35.9 Å². The van der Waals surface area contributed by atoms with Crippen molar-refractivity contribution >= 4 is 35.5 Å². The van der Waals surface area contributed by atoms with E-state index < -0.39 is 36.0 Å². The second kappa shape index (κ2) is 11.6. The number of urea groups is 1. The van der Waals surface area contributed by atoms with E-state index in [9.17, 15) is 19.2 Å². The molecule has 9 nitrogen and oxygen atoms in total. The lowest BCUT2D eigenvalue weighted by Crippen LogP contribution is -2.59. The summed E-state index contributed by atoms with van der Waals surface area (Å²) in [5.74, 6) is -1.15. The molecule has 1 aliphatic rings. The van der Waals surface area contributed by atoms with Crippen molar-refractivity contribution in [1.82, 2.24) is 20.9 Å². The molecule has 0 spiro atoms. The highest BCUT2D eigenvalue weighted by Gasteiger charge is 2.43. The smallest absolute Gasteiger partial charge is 0.315 e. The van der Waals surface area contributed by atoms with Crippen molar-refractivity contribution in [3.63, 3.8) is 0 Å². The first-order valence-corrected chi connectivity index (χ1v) is 11.6. The molecule has 1 aromatic carbocycles. The molecule has 0 aromatic heterocycles. The van der Waals surface area contributed by atoms with Crippen LogP contribution in [0, 0.1) is 0 Å². The van der Waals surface area contributed by atoms with Crippen molar-refractivity contribution in [2.75, 3.05) is 18.6 Å². The van der Waals surface area contributed by atoms with E-state index in [0.717, 1.165) is 5.56 Å². The van der Waals surface area contributed by atoms with Gasteiger partial charge in [0.2, 0.25) is 17.7 Å². The number of amides is 5. The van der Waals surface area contributed by atoms with Gasteiger partial charge in [-0.1, -0.05) is 30.3 Å². The molecule has 1 aromatic rings. The largest absolute Gasteiger partial charge is 0.368 e. The quantitative estimate of drug-likeness (QED) is 0.429. The topological polar surface area (TPSA) is 134 Å². The van der Waals surface area contributed by atoms with Crippen molar-refractivity contribution in [3.8, 4) is 0 Å². The zero-order chi connectivity index (χ0) is 23.0. The number of likely N-dealkylation sites (tertiary alicyclic amines) is 1. The van der Waals surface area contributed by atoms with E-state index in [2.05, 4.69) is 16.0 Å². The molecule has 1 aliphatic heterocycles. The summed E-state index contributed by atoms with van der Waals surface area (Å²) < 4.78 is 0. The highest BCUT2D eigenvalue weighted by Crippen LogP contribution is 2.20. The van der Waals surface area contributed by atoms with Crippen LogP contribution in [0.25, 0.3) is 0 Å². The average molecular weight is 450 g/mol. The molecule has 3 atom stereocenters. The first-order chi connectivity index (χ1) is 14.7. The van der Waals surface area contributed by atoms with Crippen LogP contribution < -0.4 is 21.7 Å². The molecule has 31 heavy (non-hydrogen) atoms. The van der Waals surface area contributed by atoms with Crippen molar-refractivity contribution < 1.29 is 19.2 Å². The zero-order valence-electron chi connectivity index (χ0n) is 18.1. The lowest BCUT2D eigenvalue weighted by atomic mass is 10.0. The fraction of sp³-hybridized carbons (Fsp3) is 0.524. The summed E-state index contributed by atoms with van der Waals surface area (Å²) in [5, 5.41) is 8.21. The van der Waals surface area contributed by atoms with Gasteiger partial charge in [-0.15, -0.1) is 0 Å². The third kappa shape index (κ3) is 7.16. The van der Waals surface area contributed by atoms with E-state index in [1.54, 1.807) is 6.26 Å². The molecule has 1 heterocycles. The Morgan fingerprint density at radius 2 is 1.84 bits per heavy atom. The van der Waals surface area contributed by atoms with Crippen LogP contribution in [0.15, 0.2) is 30.3 Å². The molecular formula is C21H31N5O4S. The molecule has 5 N–H and O–H groups in total. The van der Waals surface area contributed by atoms with E-state index in [0.29, 0.717) is 13.0 Å². The molecule has 0 unspecified atom stereocenters. The minimum atomic E-state index is -0.932. The van der Waals surface area contributed by atoms with Gasteiger partial charge in [0.25, 0.3) is 0 Å². The minimum absolute atomic E-state index is 0.0759. The maximum atomic E-state index is 13.2. The van der Waals surface area contributed by atoms with Gasteiger partial charge in [-0.3, -0.25) is 14.4 Å². The number of carbonyl (C=O) groups excluding carboxylic acids is 4. The van der Waals surface area contributed by atoms with Gasteiger partial charge < -0.3 is 26.6 Å². The molecule has 1 saturated heterocycles. The molecule has 170 valence electrons. The Morgan fingerprint density at radius 1 is 1.16 bits per heavy atom. The van der Waals surface area contributed by atoms with Gasteiger partial charge in [-0.05, 0) is 32.1 Å². The zero-order valence-corrected chi connectivity index (χ0v) is 18.9. The Kier molecular flexibility index (Phi) is 9.17. The molecular weight excluding hydrogens is 418 g/mol. The molecule has 0 saturated carbocycles. The normalized spacial score (nSPS) is 19.0. The Balaban J connectivity index is 2.18. The SMILES string of the molecule is CSCC(=O)N1CC[C@@H](NC(=O)NC(C)C)[C@H]1C(=O)N[C@H](Cc1ccccc1)C(N)=O. The van der Waals surface area contributed by atoms with Gasteiger partial charge in [-0.2, -0.15) is 11.8 Å². The highest BCUT2D eigenvalue weighted by atomic mass is 32.2. The summed E-state index contributed by atoms with van der Waals surface area (Å²) in [5.41, 5.74) is 6.37. The number of benzene rings is 1. The van der Waals surface area contributed by atoms with E-state index in [1.165, 1.54) is 16.7 Å². The Bertz CT molecular complexity index is 789. The highest BCUT2D eigenvalue weighted by molar-refractivity contribution is 7.99. The molecule has 5 amide bonds. The Morgan fingerprint density at radius 3 is 2.42 bits per heavy atom. The van der Waals surface area contributed by atoms with Gasteiger partial charge in [0.15, 0.2) is 0 Å². The number of primary amides is 1. The molecule has 2 rings (SSSR count). The van der Waals surface area contributed by atoms with Gasteiger partial charge in [0.1, 0.15) is 12.1 Å². The molecule has 1 fully saturated rings. The van der Waals surface area contributed by atoms with Gasteiger partial charge >= 0.3 is 6.03 Å². The first-order valence-electron chi connectivity index (χ1n) is 10.2. The lowest BCUT2D eigenvalue weighted by molar-refractivity contribution is -0.138. The second-order valence-corrected chi connectivity index (χ2v) is 8.65. The van der Waals surface area contributed by atoms with Crippen LogP contribution >= 0.6 is 11.8 Å². The van der Waals surface area contributed by atoms with Crippen LogP contribution in [0.2, 0.25) is 0 Å². The van der Waals surface area contributed by atoms with Gasteiger partial charge in [-0.25, -0.2) is 4.79 Å². The summed E-state index contributed by atoms with van der Waals surface area (Å²) in [4.78, 5) is 51.5. The number of nitrogens with zero attached hydrogens (tertiary/aromatic N) is 1. The Hall–Kier alpha value is -2.75. The fourth-order valence-electron chi connectivity index (χ4n) is 3.56. The van der Waals surface area contributed by atoms with Crippen LogP contribution in [0.4, 0.5) is 4.79 Å². The van der Waals surface area contributed by atoms with Crippen LogP contribution in [0.3, 0.4) is 0 Å². The fourth-order valence-corrected chi connectivity index (χ4v) is 3.97. The van der Waals surface area contributed by atoms with Gasteiger partial charge in [0.05, 0.1) is 11.8 Å². The average Bonchev–Trinajstić information content (AvgIpc) is 3.11. The summed E-state index contributed by atoms with van der Waals surface area (Å²) in [6, 6.07) is 6.29. The van der Waals surface area contributed by atoms with Crippen molar-refractivity contribution in [1.29, 1.82) is 0 Å². The second-order valence-electron chi connectivity index (χ2n) is 7.79. The van der Waals surface area contributed by atoms with E-state index in [1.807, 2.05) is 44.2 Å². The third-order valence-corrected chi connectivity index (χ3v) is 5.47. The summed E-state index contributed by atoms with van der Waals surface area (Å²) in [6.07, 6.45) is 2.47. The number of nitrogens with one attached hydrogen (secondary N) is 3. The number of hydrogen-bond donors (Lipinski definition) is 4. The monoisotopic (exact) mass is 449 g/mol. The number of carbonyl (C=O) groups is 4. The van der Waals surface area contributed by atoms with Gasteiger partial charge in [0, 0.05) is 19.0 Å². The van der Waals surface area contributed by atoms with Crippen molar-refractivity contribution in [2.24, 2.45) is 5.73 Å². The molecule has 0 aliphatic carbocycles. The predicted molar refractivity (Wildman–Crippen MR) is 120 cm³/mol. The number of thioether (sulfide) groups is 1. The molecule has 10 heteroatoms. The van der Waals surface area contributed by atoms with Crippen LogP contribution in [0.5, 0.6) is 0 Å². The maximum Gasteiger partial charge on any atom is 0.315 e. The standard InChI is InChI=1S/C21H31N5O4S/c1-13(2)23-21(30)25-15-9-10-26(17(27)12-31-3)18(15)20(29)24-16(19(22)28)11-14-7-5-4-6-8-14/h4-8,13,15-16,18H,9-12H2,1-3H3,(H2,22,28)(H,24,29)(H2,23,25,30)/t15-,16-,18+/m1/s1. The van der Waals surface area contributed by atoms with Crippen molar-refractivity contribution in [2.45, 2.75) is 50.9 Å². The maximum absolute atomic E-state index is 13.2. The number of rotatable bonds is 9. The summed E-state index contributed by atoms with van der Waals surface area (Å²) in [7, 11) is 0. The summed E-state index contributed by atoms with van der Waals surface area (Å²) in [6.45, 7) is 3.99. The summed E-state index contributed by atoms with van der Waals surface area (Å²) >= 11 is 1.36. The number of hydrogen-bond acceptors (Lipinski definition) is 5. The molecule has 0 bridgehead atoms. The lowest BCUT2D eigenvalue weighted by Gasteiger charge is -2.29.